The molecular weight excluding hydrogens is 390 g/mol. The van der Waals surface area contributed by atoms with Crippen LogP contribution in [0.25, 0.3) is 0 Å². The number of hydrogen-bond donors (Lipinski definition) is 2. The predicted octanol–water partition coefficient (Wildman–Crippen LogP) is 4.36. The summed E-state index contributed by atoms with van der Waals surface area (Å²) in [6.07, 6.45) is 1.53. The quantitative estimate of drug-likeness (QED) is 0.470. The van der Waals surface area contributed by atoms with E-state index in [-0.39, 0.29) is 5.91 Å². The zero-order chi connectivity index (χ0) is 20.6. The lowest BCUT2D eigenvalue weighted by Crippen LogP contribution is -2.18. The van der Waals surface area contributed by atoms with E-state index in [1.165, 1.54) is 6.21 Å². The molecule has 3 aromatic rings. The first-order valence-electron chi connectivity index (χ1n) is 8.69. The fraction of sp³-hybridized carbons (Fsp3) is 0.0455. The number of hydrogen-bond acceptors (Lipinski definition) is 4. The molecule has 146 valence electrons. The molecule has 0 spiro atoms. The second-order valence-corrected chi connectivity index (χ2v) is 6.45. The van der Waals surface area contributed by atoms with Gasteiger partial charge in [0, 0.05) is 21.8 Å². The van der Waals surface area contributed by atoms with Crippen LogP contribution in [0.5, 0.6) is 5.75 Å². The number of halogens is 1. The molecule has 2 amide bonds. The van der Waals surface area contributed by atoms with Gasteiger partial charge in [0.25, 0.3) is 11.8 Å². The molecule has 0 aliphatic heterocycles. The zero-order valence-electron chi connectivity index (χ0n) is 15.6. The van der Waals surface area contributed by atoms with Crippen molar-refractivity contribution in [2.24, 2.45) is 5.10 Å². The average molecular weight is 408 g/mol. The van der Waals surface area contributed by atoms with E-state index in [4.69, 9.17) is 16.3 Å². The molecule has 0 atom stereocenters. The Kier molecular flexibility index (Phi) is 6.60. The first-order chi connectivity index (χ1) is 14.0. The number of rotatable bonds is 6. The SMILES string of the molecule is COc1ccc(/C=N\NC(=O)c2cccc(NC(=O)c3cccc(Cl)c3)c2)cc1. The van der Waals surface area contributed by atoms with Crippen molar-refractivity contribution in [2.45, 2.75) is 0 Å². The summed E-state index contributed by atoms with van der Waals surface area (Å²) >= 11 is 5.91. The van der Waals surface area contributed by atoms with Crippen LogP contribution in [0.1, 0.15) is 26.3 Å². The third kappa shape index (κ3) is 5.67. The van der Waals surface area contributed by atoms with Gasteiger partial charge in [-0.05, 0) is 66.2 Å². The van der Waals surface area contributed by atoms with Crippen LogP contribution in [0.4, 0.5) is 5.69 Å². The molecule has 3 rings (SSSR count). The molecule has 0 saturated carbocycles. The van der Waals surface area contributed by atoms with Crippen LogP contribution in [0.2, 0.25) is 5.02 Å². The molecule has 0 heterocycles. The molecular formula is C22H18ClN3O3. The van der Waals surface area contributed by atoms with Crippen LogP contribution < -0.4 is 15.5 Å². The summed E-state index contributed by atoms with van der Waals surface area (Å²) in [5.74, 6) is 0.0269. The van der Waals surface area contributed by atoms with Crippen LogP contribution in [0, 0.1) is 0 Å². The van der Waals surface area contributed by atoms with Crippen molar-refractivity contribution in [3.63, 3.8) is 0 Å². The van der Waals surface area contributed by atoms with Crippen molar-refractivity contribution in [3.05, 3.63) is 94.5 Å². The van der Waals surface area contributed by atoms with Gasteiger partial charge >= 0.3 is 0 Å². The summed E-state index contributed by atoms with van der Waals surface area (Å²) in [7, 11) is 1.59. The van der Waals surface area contributed by atoms with Crippen molar-refractivity contribution < 1.29 is 14.3 Å². The fourth-order valence-electron chi connectivity index (χ4n) is 2.49. The molecule has 6 nitrogen and oxygen atoms in total. The number of methoxy groups -OCH3 is 1. The minimum Gasteiger partial charge on any atom is -0.497 e. The van der Waals surface area contributed by atoms with Crippen molar-refractivity contribution in [1.82, 2.24) is 5.43 Å². The highest BCUT2D eigenvalue weighted by Gasteiger charge is 2.09. The standard InChI is InChI=1S/C22H18ClN3O3/c1-29-20-10-8-15(9-11-20)14-24-26-22(28)17-5-3-7-19(13-17)25-21(27)16-4-2-6-18(23)12-16/h2-14H,1H3,(H,25,27)(H,26,28)/b24-14-. The molecule has 0 unspecified atom stereocenters. The molecule has 0 radical (unpaired) electrons. The van der Waals surface area contributed by atoms with E-state index in [9.17, 15) is 9.59 Å². The van der Waals surface area contributed by atoms with Gasteiger partial charge in [0.05, 0.1) is 13.3 Å². The van der Waals surface area contributed by atoms with Crippen molar-refractivity contribution in [3.8, 4) is 5.75 Å². The van der Waals surface area contributed by atoms with Crippen LogP contribution in [-0.2, 0) is 0 Å². The van der Waals surface area contributed by atoms with E-state index in [1.807, 2.05) is 12.1 Å². The Hall–Kier alpha value is -3.64. The number of benzene rings is 3. The summed E-state index contributed by atoms with van der Waals surface area (Å²) in [4.78, 5) is 24.6. The maximum Gasteiger partial charge on any atom is 0.271 e. The number of hydrazone groups is 1. The van der Waals surface area contributed by atoms with E-state index < -0.39 is 5.91 Å². The van der Waals surface area contributed by atoms with Crippen molar-refractivity contribution in [2.75, 3.05) is 12.4 Å². The summed E-state index contributed by atoms with van der Waals surface area (Å²) in [5.41, 5.74) is 4.56. The van der Waals surface area contributed by atoms with Gasteiger partial charge in [-0.25, -0.2) is 5.43 Å². The second-order valence-electron chi connectivity index (χ2n) is 6.02. The Labute approximate surface area is 173 Å². The molecule has 29 heavy (non-hydrogen) atoms. The third-order valence-corrected chi connectivity index (χ3v) is 4.20. The fourth-order valence-corrected chi connectivity index (χ4v) is 2.68. The molecule has 0 bridgehead atoms. The van der Waals surface area contributed by atoms with E-state index >= 15 is 0 Å². The maximum atomic E-state index is 12.3. The number of nitrogens with one attached hydrogen (secondary N) is 2. The van der Waals surface area contributed by atoms with Crippen LogP contribution in [0.3, 0.4) is 0 Å². The van der Waals surface area contributed by atoms with Crippen LogP contribution in [0.15, 0.2) is 77.9 Å². The summed E-state index contributed by atoms with van der Waals surface area (Å²) in [5, 5.41) is 7.17. The predicted molar refractivity (Wildman–Crippen MR) is 114 cm³/mol. The Morgan fingerprint density at radius 1 is 0.931 bits per heavy atom. The highest BCUT2D eigenvalue weighted by molar-refractivity contribution is 6.31. The van der Waals surface area contributed by atoms with Gasteiger partial charge in [-0.15, -0.1) is 0 Å². The van der Waals surface area contributed by atoms with Gasteiger partial charge in [0.1, 0.15) is 5.75 Å². The Morgan fingerprint density at radius 3 is 2.31 bits per heavy atom. The van der Waals surface area contributed by atoms with Crippen molar-refractivity contribution in [1.29, 1.82) is 0 Å². The summed E-state index contributed by atoms with van der Waals surface area (Å²) < 4.78 is 5.09. The number of carbonyl (C=O) groups excluding carboxylic acids is 2. The molecule has 0 aliphatic carbocycles. The highest BCUT2D eigenvalue weighted by Crippen LogP contribution is 2.15. The average Bonchev–Trinajstić information content (AvgIpc) is 2.74. The first-order valence-corrected chi connectivity index (χ1v) is 9.07. The largest absolute Gasteiger partial charge is 0.497 e. The van der Waals surface area contributed by atoms with Crippen molar-refractivity contribution >= 4 is 35.3 Å². The third-order valence-electron chi connectivity index (χ3n) is 3.96. The highest BCUT2D eigenvalue weighted by atomic mass is 35.5. The van der Waals surface area contributed by atoms with Gasteiger partial charge in [0.2, 0.25) is 0 Å². The smallest absolute Gasteiger partial charge is 0.271 e. The van der Waals surface area contributed by atoms with E-state index in [1.54, 1.807) is 67.8 Å². The van der Waals surface area contributed by atoms with Gasteiger partial charge in [-0.3, -0.25) is 9.59 Å². The molecule has 2 N–H and O–H groups in total. The molecule has 3 aromatic carbocycles. The Morgan fingerprint density at radius 2 is 1.62 bits per heavy atom. The minimum atomic E-state index is -0.395. The second kappa shape index (κ2) is 9.52. The molecule has 0 fully saturated rings. The van der Waals surface area contributed by atoms with E-state index in [0.29, 0.717) is 21.8 Å². The van der Waals surface area contributed by atoms with Gasteiger partial charge < -0.3 is 10.1 Å². The number of nitrogens with zero attached hydrogens (tertiary/aromatic N) is 1. The number of amides is 2. The first kappa shape index (κ1) is 20.1. The van der Waals surface area contributed by atoms with E-state index in [2.05, 4.69) is 15.8 Å². The van der Waals surface area contributed by atoms with Crippen LogP contribution in [-0.4, -0.2) is 25.1 Å². The minimum absolute atomic E-state index is 0.317. The van der Waals surface area contributed by atoms with Crippen LogP contribution >= 0.6 is 11.6 Å². The molecule has 7 heteroatoms. The monoisotopic (exact) mass is 407 g/mol. The number of carbonyl (C=O) groups is 2. The van der Waals surface area contributed by atoms with Gasteiger partial charge in [-0.1, -0.05) is 23.7 Å². The normalized spacial score (nSPS) is 10.6. The zero-order valence-corrected chi connectivity index (χ0v) is 16.3. The van der Waals surface area contributed by atoms with E-state index in [0.717, 1.165) is 11.3 Å². The maximum absolute atomic E-state index is 12.3. The lowest BCUT2D eigenvalue weighted by molar-refractivity contribution is 0.0953. The lowest BCUT2D eigenvalue weighted by Gasteiger charge is -2.07. The summed E-state index contributed by atoms with van der Waals surface area (Å²) in [6, 6.07) is 20.4. The Bertz CT molecular complexity index is 1050. The number of anilines is 1. The van der Waals surface area contributed by atoms with Gasteiger partial charge in [-0.2, -0.15) is 5.10 Å². The summed E-state index contributed by atoms with van der Waals surface area (Å²) in [6.45, 7) is 0. The topological polar surface area (TPSA) is 79.8 Å². The number of ether oxygens (including phenoxy) is 1. The van der Waals surface area contributed by atoms with Gasteiger partial charge in [0.15, 0.2) is 0 Å². The molecule has 0 aliphatic rings. The lowest BCUT2D eigenvalue weighted by atomic mass is 10.1. The molecule has 0 saturated heterocycles. The molecule has 0 aromatic heterocycles. The Balaban J connectivity index is 1.62.